The normalized spacial score (nSPS) is 11.6. The quantitative estimate of drug-likeness (QED) is 0.0416. The molecule has 0 saturated heterocycles. The lowest BCUT2D eigenvalue weighted by atomic mass is 10.00. The summed E-state index contributed by atoms with van der Waals surface area (Å²) in [6.45, 7) is 6.58. The first-order valence-corrected chi connectivity index (χ1v) is 27.6. The number of nitrogens with one attached hydrogen (secondary N) is 2. The minimum absolute atomic E-state index is 0.169. The van der Waals surface area contributed by atoms with Crippen molar-refractivity contribution in [2.24, 2.45) is 0 Å². The Kier molecular flexibility index (Phi) is 19.1. The summed E-state index contributed by atoms with van der Waals surface area (Å²) >= 11 is 1.65. The summed E-state index contributed by atoms with van der Waals surface area (Å²) < 4.78 is 36.6. The number of para-hydroxylation sites is 2. The molecule has 3 heterocycles. The fourth-order valence-electron chi connectivity index (χ4n) is 9.02. The van der Waals surface area contributed by atoms with Crippen LogP contribution in [-0.4, -0.2) is 69.0 Å². The van der Waals surface area contributed by atoms with Crippen molar-refractivity contribution in [3.8, 4) is 33.7 Å². The van der Waals surface area contributed by atoms with E-state index in [1.54, 1.807) is 133 Å². The van der Waals surface area contributed by atoms with Gasteiger partial charge in [-0.2, -0.15) is 0 Å². The average Bonchev–Trinajstić information content (AvgIpc) is 4.30. The van der Waals surface area contributed by atoms with E-state index in [-0.39, 0.29) is 30.2 Å². The van der Waals surface area contributed by atoms with Crippen LogP contribution in [0, 0.1) is 26.6 Å². The Morgan fingerprint density at radius 3 is 1.37 bits per heavy atom. The largest absolute Gasteiger partial charge is 0.493 e. The number of thiophene rings is 1. The highest BCUT2D eigenvalue weighted by molar-refractivity contribution is 7.15. The molecule has 0 aliphatic rings. The van der Waals surface area contributed by atoms with Crippen molar-refractivity contribution in [3.63, 3.8) is 0 Å². The van der Waals surface area contributed by atoms with Crippen LogP contribution in [0.15, 0.2) is 203 Å². The third kappa shape index (κ3) is 15.5. The van der Waals surface area contributed by atoms with Crippen molar-refractivity contribution in [2.45, 2.75) is 58.5 Å². The van der Waals surface area contributed by atoms with Gasteiger partial charge in [-0.1, -0.05) is 109 Å². The molecule has 83 heavy (non-hydrogen) atoms. The van der Waals surface area contributed by atoms with E-state index < -0.39 is 24.0 Å². The smallest absolute Gasteiger partial charge is 0.326 e. The van der Waals surface area contributed by atoms with Crippen LogP contribution < -0.4 is 20.1 Å². The van der Waals surface area contributed by atoms with Crippen molar-refractivity contribution < 1.29 is 52.1 Å². The summed E-state index contributed by atoms with van der Waals surface area (Å²) in [7, 11) is 0. The Morgan fingerprint density at radius 2 is 0.940 bits per heavy atom. The number of anilines is 2. The van der Waals surface area contributed by atoms with Crippen molar-refractivity contribution in [1.29, 1.82) is 0 Å². The molecular weight excluding hydrogens is 1070 g/mol. The zero-order valence-electron chi connectivity index (χ0n) is 45.7. The van der Waals surface area contributed by atoms with E-state index in [0.717, 1.165) is 33.2 Å². The first-order valence-electron chi connectivity index (χ1n) is 26.8. The molecule has 7 aromatic carbocycles. The number of aryl methyl sites for hydroxylation is 3. The maximum Gasteiger partial charge on any atom is 0.326 e. The summed E-state index contributed by atoms with van der Waals surface area (Å²) in [6.07, 6.45) is 1.55. The molecule has 0 amide bonds. The molecule has 2 atom stereocenters. The first kappa shape index (κ1) is 57.7. The number of carbonyl (C=O) groups is 4. The summed E-state index contributed by atoms with van der Waals surface area (Å²) in [5.41, 5.74) is 6.79. The van der Waals surface area contributed by atoms with Crippen LogP contribution in [0.1, 0.15) is 70.8 Å². The Morgan fingerprint density at radius 1 is 0.518 bits per heavy atom. The van der Waals surface area contributed by atoms with Gasteiger partial charge in [0.2, 0.25) is 11.8 Å². The van der Waals surface area contributed by atoms with Crippen molar-refractivity contribution >= 4 is 46.2 Å². The van der Waals surface area contributed by atoms with Crippen molar-refractivity contribution in [3.05, 3.63) is 261 Å². The third-order valence-electron chi connectivity index (χ3n) is 13.4. The molecule has 0 aliphatic carbocycles. The van der Waals surface area contributed by atoms with E-state index in [0.29, 0.717) is 94.3 Å². The maximum absolute atomic E-state index is 13.2. The minimum atomic E-state index is -1.03. The van der Waals surface area contributed by atoms with Gasteiger partial charge in [0.25, 0.3) is 0 Å². The number of nitrogens with zero attached hydrogens (tertiary/aromatic N) is 2. The summed E-state index contributed by atoms with van der Waals surface area (Å²) in [5, 5.41) is 26.0. The van der Waals surface area contributed by atoms with Crippen LogP contribution in [0.25, 0.3) is 22.2 Å². The van der Waals surface area contributed by atoms with Gasteiger partial charge in [0, 0.05) is 69.8 Å². The van der Waals surface area contributed by atoms with Gasteiger partial charge in [-0.15, -0.1) is 11.3 Å². The zero-order valence-corrected chi connectivity index (χ0v) is 46.5. The van der Waals surface area contributed by atoms with Gasteiger partial charge in [0.1, 0.15) is 40.9 Å². The highest BCUT2D eigenvalue weighted by atomic mass is 32.1. The Balaban J connectivity index is 0.000000200. The van der Waals surface area contributed by atoms with Gasteiger partial charge in [-0.05, 0) is 117 Å². The van der Waals surface area contributed by atoms with Crippen LogP contribution in [0.4, 0.5) is 15.8 Å². The molecule has 0 aliphatic heterocycles. The number of ketones is 2. The highest BCUT2D eigenvalue weighted by Crippen LogP contribution is 2.30. The van der Waals surface area contributed by atoms with E-state index >= 15 is 0 Å². The number of hydrogen-bond acceptors (Lipinski definition) is 13. The third-order valence-corrected chi connectivity index (χ3v) is 14.4. The highest BCUT2D eigenvalue weighted by Gasteiger charge is 2.24. The number of carbonyl (C=O) groups excluding carboxylic acids is 2. The summed E-state index contributed by atoms with van der Waals surface area (Å²) in [4.78, 5) is 61.8. The number of aromatic nitrogens is 2. The minimum Gasteiger partial charge on any atom is -0.493 e. The van der Waals surface area contributed by atoms with Gasteiger partial charge >= 0.3 is 11.9 Å². The summed E-state index contributed by atoms with van der Waals surface area (Å²) in [5.74, 6) is 1.13. The SMILES string of the molecule is Cc1ccc(-c2nc(CCOc3ccc(CC(Nc4ccccc4C(=O)c4ccccc4)C(=O)O)cc3)c(C)o2)s1.Cc1oc(-c2ccc(F)cc2)nc1CCOc1ccc(C[C@H](Nc2ccccc2C(=O)c2ccccc2)C(=O)O)cc1. The number of aliphatic carboxylic acids is 2. The number of carboxylic acids is 2. The predicted molar refractivity (Wildman–Crippen MR) is 317 cm³/mol. The molecule has 0 spiro atoms. The van der Waals surface area contributed by atoms with Gasteiger partial charge in [-0.25, -0.2) is 23.9 Å². The molecule has 14 nitrogen and oxygen atoms in total. The Bertz CT molecular complexity index is 3810. The molecule has 16 heteroatoms. The van der Waals surface area contributed by atoms with E-state index in [2.05, 4.69) is 27.5 Å². The summed E-state index contributed by atoms with van der Waals surface area (Å²) in [6, 6.07) is 54.4. The fraction of sp³-hybridized carbons (Fsp3) is 0.164. The van der Waals surface area contributed by atoms with Gasteiger partial charge in [0.05, 0.1) is 29.5 Å². The van der Waals surface area contributed by atoms with Gasteiger partial charge in [-0.3, -0.25) is 9.59 Å². The van der Waals surface area contributed by atoms with Crippen LogP contribution in [-0.2, 0) is 35.3 Å². The molecule has 10 aromatic rings. The second kappa shape index (κ2) is 27.5. The van der Waals surface area contributed by atoms with Crippen molar-refractivity contribution in [1.82, 2.24) is 9.97 Å². The fourth-order valence-corrected chi connectivity index (χ4v) is 9.81. The number of hydrogen-bond donors (Lipinski definition) is 4. The zero-order chi connectivity index (χ0) is 58.2. The molecule has 4 N–H and O–H groups in total. The predicted octanol–water partition coefficient (Wildman–Crippen LogP) is 13.7. The monoisotopic (exact) mass is 1130 g/mol. The topological polar surface area (TPSA) is 203 Å². The second-order valence-electron chi connectivity index (χ2n) is 19.4. The van der Waals surface area contributed by atoms with E-state index in [1.807, 2.05) is 74.5 Å². The standard InChI is InChI=1S/C34H29FN2O5.C33H30N2O5S/c1-22-29(37-33(42-22)25-13-15-26(35)16-14-25)19-20-41-27-17-11-23(12-18-27)21-31(34(39)40)36-30-10-6-5-9-28(30)32(38)24-7-3-2-4-8-24;1-21-12-17-30(41-21)32-35-27(22(2)40-32)18-19-39-25-15-13-23(14-16-25)20-29(33(37)38)34-28-11-7-6-10-26(28)31(36)24-8-4-3-5-9-24/h2-18,31,36H,19-21H2,1H3,(H,39,40);3-17,29,34H,18-20H2,1-2H3,(H,37,38)/t31-;/m0./s1. The first-order chi connectivity index (χ1) is 40.2. The number of benzene rings is 7. The van der Waals surface area contributed by atoms with Gasteiger partial charge < -0.3 is 39.2 Å². The number of ether oxygens (including phenoxy) is 2. The molecule has 10 rings (SSSR count). The second-order valence-corrected chi connectivity index (χ2v) is 20.7. The van der Waals surface area contributed by atoms with Crippen molar-refractivity contribution in [2.75, 3.05) is 23.8 Å². The van der Waals surface area contributed by atoms with E-state index in [9.17, 15) is 33.8 Å². The van der Waals surface area contributed by atoms with Crippen LogP contribution in [0.3, 0.4) is 0 Å². The molecule has 0 fully saturated rings. The lowest BCUT2D eigenvalue weighted by molar-refractivity contribution is -0.138. The average molecular weight is 1130 g/mol. The molecule has 1 unspecified atom stereocenters. The molecule has 0 saturated carbocycles. The van der Waals surface area contributed by atoms with Crippen LogP contribution in [0.2, 0.25) is 0 Å². The van der Waals surface area contributed by atoms with E-state index in [4.69, 9.17) is 18.3 Å². The molecule has 420 valence electrons. The molecule has 0 radical (unpaired) electrons. The number of rotatable bonds is 24. The van der Waals surface area contributed by atoms with Crippen LogP contribution >= 0.6 is 11.3 Å². The number of halogens is 1. The maximum atomic E-state index is 13.2. The van der Waals surface area contributed by atoms with Gasteiger partial charge in [0.15, 0.2) is 11.6 Å². The molecular formula is C67H59FN4O10S. The molecule has 0 bridgehead atoms. The Hall–Kier alpha value is -9.93. The molecule has 3 aromatic heterocycles. The van der Waals surface area contributed by atoms with Crippen LogP contribution in [0.5, 0.6) is 11.5 Å². The lowest BCUT2D eigenvalue weighted by Crippen LogP contribution is -2.32. The number of carboxylic acid groups (broad SMARTS) is 2. The van der Waals surface area contributed by atoms with E-state index in [1.165, 1.54) is 17.0 Å². The number of oxazole rings is 2. The lowest BCUT2D eigenvalue weighted by Gasteiger charge is -2.18. The Labute approximate surface area is 483 Å².